The fraction of sp³-hybridized carbons (Fsp3) is 0.0714. The molecule has 0 bridgehead atoms. The quantitative estimate of drug-likeness (QED) is 0.845. The van der Waals surface area contributed by atoms with Gasteiger partial charge in [-0.15, -0.1) is 0 Å². The van der Waals surface area contributed by atoms with E-state index in [0.717, 1.165) is 5.56 Å². The zero-order valence-corrected chi connectivity index (χ0v) is 10.8. The highest BCUT2D eigenvalue weighted by Crippen LogP contribution is 2.25. The molecule has 0 aliphatic rings. The van der Waals surface area contributed by atoms with E-state index in [1.807, 2.05) is 0 Å². The van der Waals surface area contributed by atoms with E-state index in [1.165, 1.54) is 30.3 Å². The van der Waals surface area contributed by atoms with Gasteiger partial charge in [0.15, 0.2) is 5.82 Å². The molecular formula is C14H10ClF2NO. The second-order valence-electron chi connectivity index (χ2n) is 4.03. The van der Waals surface area contributed by atoms with E-state index in [9.17, 15) is 13.6 Å². The standard InChI is InChI=1S/C14H10ClF2NO/c1-8-5-6-9(16)7-12(8)18-11-4-2-3-10(13(11)17)14(15)19/h2-7,18H,1H3. The monoisotopic (exact) mass is 281 g/mol. The van der Waals surface area contributed by atoms with Crippen molar-refractivity contribution < 1.29 is 13.6 Å². The highest BCUT2D eigenvalue weighted by Gasteiger charge is 2.13. The molecule has 0 atom stereocenters. The predicted molar refractivity (Wildman–Crippen MR) is 71.0 cm³/mol. The van der Waals surface area contributed by atoms with Crippen molar-refractivity contribution in [2.24, 2.45) is 0 Å². The topological polar surface area (TPSA) is 29.1 Å². The van der Waals surface area contributed by atoms with Crippen molar-refractivity contribution in [2.45, 2.75) is 6.92 Å². The van der Waals surface area contributed by atoms with Gasteiger partial charge in [0, 0.05) is 5.69 Å². The maximum Gasteiger partial charge on any atom is 0.255 e. The van der Waals surface area contributed by atoms with Crippen molar-refractivity contribution in [3.63, 3.8) is 0 Å². The Labute approximate surface area is 114 Å². The van der Waals surface area contributed by atoms with Gasteiger partial charge in [0.1, 0.15) is 5.82 Å². The number of rotatable bonds is 3. The number of nitrogens with one attached hydrogen (secondary N) is 1. The van der Waals surface area contributed by atoms with Crippen LogP contribution in [0.5, 0.6) is 0 Å². The molecule has 5 heteroatoms. The van der Waals surface area contributed by atoms with Gasteiger partial charge in [-0.05, 0) is 48.4 Å². The first-order valence-corrected chi connectivity index (χ1v) is 5.88. The lowest BCUT2D eigenvalue weighted by Gasteiger charge is -2.11. The summed E-state index contributed by atoms with van der Waals surface area (Å²) in [6, 6.07) is 8.37. The molecule has 0 aliphatic carbocycles. The highest BCUT2D eigenvalue weighted by molar-refractivity contribution is 6.67. The summed E-state index contributed by atoms with van der Waals surface area (Å²) < 4.78 is 27.1. The molecule has 1 N–H and O–H groups in total. The van der Waals surface area contributed by atoms with Gasteiger partial charge in [-0.25, -0.2) is 8.78 Å². The molecule has 0 heterocycles. The van der Waals surface area contributed by atoms with Crippen LogP contribution >= 0.6 is 11.6 Å². The summed E-state index contributed by atoms with van der Waals surface area (Å²) in [6.45, 7) is 1.76. The molecular weight excluding hydrogens is 272 g/mol. The smallest absolute Gasteiger partial charge is 0.255 e. The minimum absolute atomic E-state index is 0.0696. The van der Waals surface area contributed by atoms with Crippen LogP contribution in [0.25, 0.3) is 0 Å². The molecule has 0 fully saturated rings. The normalized spacial score (nSPS) is 10.3. The summed E-state index contributed by atoms with van der Waals surface area (Å²) in [7, 11) is 0. The summed E-state index contributed by atoms with van der Waals surface area (Å²) in [5.41, 5.74) is 1.03. The zero-order chi connectivity index (χ0) is 14.0. The summed E-state index contributed by atoms with van der Waals surface area (Å²) >= 11 is 5.27. The number of halogens is 3. The van der Waals surface area contributed by atoms with E-state index in [0.29, 0.717) is 5.69 Å². The van der Waals surface area contributed by atoms with Crippen LogP contribution in [0.2, 0.25) is 0 Å². The highest BCUT2D eigenvalue weighted by atomic mass is 35.5. The number of carbonyl (C=O) groups is 1. The number of hydrogen-bond donors (Lipinski definition) is 1. The number of anilines is 2. The Morgan fingerprint density at radius 2 is 1.89 bits per heavy atom. The molecule has 0 radical (unpaired) electrons. The number of aryl methyl sites for hydroxylation is 1. The van der Waals surface area contributed by atoms with Crippen molar-refractivity contribution in [3.8, 4) is 0 Å². The van der Waals surface area contributed by atoms with Crippen LogP contribution < -0.4 is 5.32 Å². The summed E-state index contributed by atoms with van der Waals surface area (Å²) in [6.07, 6.45) is 0. The minimum Gasteiger partial charge on any atom is -0.353 e. The summed E-state index contributed by atoms with van der Waals surface area (Å²) in [4.78, 5) is 11.0. The van der Waals surface area contributed by atoms with Gasteiger partial charge >= 0.3 is 0 Å². The first-order valence-electron chi connectivity index (χ1n) is 5.50. The van der Waals surface area contributed by atoms with Crippen LogP contribution in [-0.2, 0) is 0 Å². The van der Waals surface area contributed by atoms with Crippen LogP contribution in [0, 0.1) is 18.6 Å². The van der Waals surface area contributed by atoms with Gasteiger partial charge in [0.2, 0.25) is 0 Å². The van der Waals surface area contributed by atoms with E-state index < -0.39 is 16.9 Å². The van der Waals surface area contributed by atoms with Gasteiger partial charge in [-0.3, -0.25) is 4.79 Å². The number of benzene rings is 2. The molecule has 2 nitrogen and oxygen atoms in total. The lowest BCUT2D eigenvalue weighted by molar-refractivity contribution is 0.107. The van der Waals surface area contributed by atoms with E-state index in [1.54, 1.807) is 13.0 Å². The second kappa shape index (κ2) is 5.36. The van der Waals surface area contributed by atoms with E-state index in [2.05, 4.69) is 5.32 Å². The fourth-order valence-electron chi connectivity index (χ4n) is 1.65. The third-order valence-corrected chi connectivity index (χ3v) is 2.88. The fourth-order valence-corrected chi connectivity index (χ4v) is 1.80. The maximum absolute atomic E-state index is 14.0. The molecule has 98 valence electrons. The van der Waals surface area contributed by atoms with Crippen molar-refractivity contribution in [2.75, 3.05) is 5.32 Å². The Kier molecular flexibility index (Phi) is 3.81. The largest absolute Gasteiger partial charge is 0.353 e. The molecule has 0 aliphatic heterocycles. The van der Waals surface area contributed by atoms with Crippen molar-refractivity contribution in [1.82, 2.24) is 0 Å². The predicted octanol–water partition coefficient (Wildman–Crippen LogP) is 4.40. The molecule has 0 saturated heterocycles. The summed E-state index contributed by atoms with van der Waals surface area (Å²) in [5.74, 6) is -1.19. The van der Waals surface area contributed by atoms with Crippen LogP contribution in [0.15, 0.2) is 36.4 Å². The Bertz CT molecular complexity index is 643. The van der Waals surface area contributed by atoms with Crippen molar-refractivity contribution in [1.29, 1.82) is 0 Å². The molecule has 0 saturated carbocycles. The first kappa shape index (κ1) is 13.5. The van der Waals surface area contributed by atoms with Crippen LogP contribution in [-0.4, -0.2) is 5.24 Å². The molecule has 2 rings (SSSR count). The van der Waals surface area contributed by atoms with Crippen molar-refractivity contribution >= 4 is 28.2 Å². The van der Waals surface area contributed by atoms with Gasteiger partial charge in [-0.2, -0.15) is 0 Å². The van der Waals surface area contributed by atoms with Gasteiger partial charge in [0.05, 0.1) is 11.3 Å². The van der Waals surface area contributed by atoms with Crippen LogP contribution in [0.1, 0.15) is 15.9 Å². The maximum atomic E-state index is 14.0. The zero-order valence-electron chi connectivity index (χ0n) is 10.0. The average Bonchev–Trinajstić information content (AvgIpc) is 2.36. The average molecular weight is 282 g/mol. The Balaban J connectivity index is 2.41. The van der Waals surface area contributed by atoms with Gasteiger partial charge in [-0.1, -0.05) is 12.1 Å². The van der Waals surface area contributed by atoms with Crippen LogP contribution in [0.3, 0.4) is 0 Å². The van der Waals surface area contributed by atoms with Gasteiger partial charge < -0.3 is 5.32 Å². The van der Waals surface area contributed by atoms with Gasteiger partial charge in [0.25, 0.3) is 5.24 Å². The molecule has 0 amide bonds. The van der Waals surface area contributed by atoms with E-state index >= 15 is 0 Å². The summed E-state index contributed by atoms with van der Waals surface area (Å²) in [5, 5.41) is 1.87. The van der Waals surface area contributed by atoms with Crippen LogP contribution in [0.4, 0.5) is 20.2 Å². The first-order chi connectivity index (χ1) is 8.99. The Hall–Kier alpha value is -1.94. The lowest BCUT2D eigenvalue weighted by Crippen LogP contribution is -2.01. The Morgan fingerprint density at radius 3 is 2.58 bits per heavy atom. The second-order valence-corrected chi connectivity index (χ2v) is 4.37. The number of carbonyl (C=O) groups excluding carboxylic acids is 1. The molecule has 0 spiro atoms. The lowest BCUT2D eigenvalue weighted by atomic mass is 10.1. The molecule has 0 aromatic heterocycles. The SMILES string of the molecule is Cc1ccc(F)cc1Nc1cccc(C(=O)Cl)c1F. The third-order valence-electron chi connectivity index (χ3n) is 2.68. The van der Waals surface area contributed by atoms with Crippen molar-refractivity contribution in [3.05, 3.63) is 59.2 Å². The molecule has 19 heavy (non-hydrogen) atoms. The number of hydrogen-bond acceptors (Lipinski definition) is 2. The molecule has 2 aromatic carbocycles. The molecule has 2 aromatic rings. The molecule has 0 unspecified atom stereocenters. The minimum atomic E-state index is -0.878. The van der Waals surface area contributed by atoms with E-state index in [-0.39, 0.29) is 11.3 Å². The Morgan fingerprint density at radius 1 is 1.16 bits per heavy atom. The van der Waals surface area contributed by atoms with E-state index in [4.69, 9.17) is 11.6 Å². The third kappa shape index (κ3) is 2.90.